The van der Waals surface area contributed by atoms with Gasteiger partial charge in [0.2, 0.25) is 5.36 Å². The summed E-state index contributed by atoms with van der Waals surface area (Å²) in [7, 11) is -8.55. The van der Waals surface area contributed by atoms with Crippen LogP contribution in [0, 0.1) is 6.92 Å². The Labute approximate surface area is 225 Å². The molecule has 12 heteroatoms. The third-order valence-electron chi connectivity index (χ3n) is 6.98. The van der Waals surface area contributed by atoms with E-state index in [1.807, 2.05) is 0 Å². The van der Waals surface area contributed by atoms with Crippen LogP contribution in [-0.2, 0) is 0 Å². The molecule has 0 aliphatic heterocycles. The number of nitrogens with zero attached hydrogens (tertiary/aromatic N) is 2. The number of rotatable bonds is 5. The van der Waals surface area contributed by atoms with E-state index in [-0.39, 0.29) is 4.70 Å². The summed E-state index contributed by atoms with van der Waals surface area (Å²) in [6.07, 6.45) is 0. The SMILES string of the molecule is CCN(CC)c1cc2oc3cc(C)cc4oc5cc(=[N+](CC)CC)cc6oc(c1)c2c(c34)c56.FP(F)(F)(F)F.[F-]. The topological polar surface area (TPSA) is 45.7 Å². The van der Waals surface area contributed by atoms with E-state index in [1.54, 1.807) is 0 Å². The third-order valence-corrected chi connectivity index (χ3v) is 6.98. The molecule has 0 atom stereocenters. The van der Waals surface area contributed by atoms with Crippen molar-refractivity contribution in [1.82, 2.24) is 4.58 Å². The van der Waals surface area contributed by atoms with Crippen molar-refractivity contribution in [3.63, 3.8) is 0 Å². The second kappa shape index (κ2) is 10.2. The number of aryl methyl sites for hydroxylation is 1. The van der Waals surface area contributed by atoms with Gasteiger partial charge in [-0.3, -0.25) is 0 Å². The van der Waals surface area contributed by atoms with Gasteiger partial charge in [-0.05, 0) is 52.3 Å². The van der Waals surface area contributed by atoms with E-state index < -0.39 is 8.16 Å². The molecule has 3 heterocycles. The molecule has 0 aliphatic rings. The van der Waals surface area contributed by atoms with Crippen LogP contribution in [0.25, 0.3) is 55.0 Å². The van der Waals surface area contributed by atoms with Crippen molar-refractivity contribution in [1.29, 1.82) is 0 Å². The number of hydrogen-bond acceptors (Lipinski definition) is 4. The van der Waals surface area contributed by atoms with Crippen LogP contribution in [0.3, 0.4) is 0 Å². The standard InChI is InChI=1S/C28H29N2O3.F5P.FH/c1-6-29(7-2)17-12-21-26-23(14-17)33-24-15-18(30(8-3)9-4)13-22-27(24)28(26)25-19(31-21)10-16(5)11-20(25)32-22;1-6(2,3,4)5;/h10-15H,6-9H2,1-5H3;;1H/q+1;;/p-1. The molecule has 0 amide bonds. The molecule has 0 aliphatic carbocycles. The molecule has 0 N–H and O–H groups in total. The minimum atomic E-state index is -8.55. The van der Waals surface area contributed by atoms with Crippen molar-refractivity contribution in [2.24, 2.45) is 0 Å². The Kier molecular flexibility index (Phi) is 7.51. The Morgan fingerprint density at radius 2 is 0.975 bits per heavy atom. The fourth-order valence-electron chi connectivity index (χ4n) is 5.37. The van der Waals surface area contributed by atoms with E-state index in [0.29, 0.717) is 0 Å². The molecule has 0 bridgehead atoms. The smallest absolute Gasteiger partial charge is 1.00 e. The van der Waals surface area contributed by atoms with Gasteiger partial charge in [-0.1, -0.05) is 0 Å². The van der Waals surface area contributed by atoms with Crippen LogP contribution >= 0.6 is 8.16 Å². The Morgan fingerprint density at radius 1 is 0.625 bits per heavy atom. The first-order valence-electron chi connectivity index (χ1n) is 12.8. The van der Waals surface area contributed by atoms with Gasteiger partial charge in [0.1, 0.15) is 46.6 Å². The molecular weight excluding hydrogens is 557 g/mol. The molecule has 6 rings (SSSR count). The van der Waals surface area contributed by atoms with E-state index in [0.717, 1.165) is 97.8 Å². The largest absolute Gasteiger partial charge is 1.00 e. The van der Waals surface area contributed by atoms with E-state index in [2.05, 4.69) is 80.5 Å². The zero-order valence-corrected chi connectivity index (χ0v) is 23.5. The summed E-state index contributed by atoms with van der Waals surface area (Å²) in [5, 5.41) is 5.35. The molecule has 6 aromatic rings. The molecule has 0 saturated carbocycles. The molecule has 0 radical (unpaired) electrons. The Balaban J connectivity index is 0.000000480. The van der Waals surface area contributed by atoms with E-state index >= 15 is 0 Å². The van der Waals surface area contributed by atoms with E-state index in [1.165, 1.54) is 0 Å². The predicted octanol–water partition coefficient (Wildman–Crippen LogP) is 6.60. The minimum absolute atomic E-state index is 0. The molecule has 0 saturated heterocycles. The first-order chi connectivity index (χ1) is 18.3. The number of anilines is 1. The quantitative estimate of drug-likeness (QED) is 0.0751. The summed E-state index contributed by atoms with van der Waals surface area (Å²) >= 11 is 0. The monoisotopic (exact) mass is 586 g/mol. The van der Waals surface area contributed by atoms with Gasteiger partial charge in [0, 0.05) is 36.3 Å². The fourth-order valence-corrected chi connectivity index (χ4v) is 5.37. The number of halogens is 6. The van der Waals surface area contributed by atoms with Crippen LogP contribution in [0.15, 0.2) is 49.6 Å². The van der Waals surface area contributed by atoms with Crippen LogP contribution in [0.5, 0.6) is 0 Å². The first kappa shape index (κ1) is 29.5. The zero-order valence-electron chi connectivity index (χ0n) is 22.6. The first-order valence-corrected chi connectivity index (χ1v) is 14.5. The van der Waals surface area contributed by atoms with Crippen LogP contribution in [-0.4, -0.2) is 26.2 Å². The number of hydrogen-bond donors (Lipinski definition) is 0. The average molecular weight is 587 g/mol. The van der Waals surface area contributed by atoms with Gasteiger partial charge in [-0.25, -0.2) is 4.58 Å². The van der Waals surface area contributed by atoms with Crippen LogP contribution in [0.1, 0.15) is 33.3 Å². The summed E-state index contributed by atoms with van der Waals surface area (Å²) in [4.78, 5) is 2.32. The fraction of sp³-hybridized carbons (Fsp3) is 0.321. The van der Waals surface area contributed by atoms with Gasteiger partial charge in [-0.15, -0.1) is 0 Å². The maximum absolute atomic E-state index is 9.84. The molecule has 216 valence electrons. The molecule has 0 unspecified atom stereocenters. The van der Waals surface area contributed by atoms with Crippen molar-refractivity contribution in [2.75, 3.05) is 31.1 Å². The van der Waals surface area contributed by atoms with Crippen molar-refractivity contribution in [2.45, 2.75) is 34.6 Å². The molecular formula is C28H29F6N2O3P. The van der Waals surface area contributed by atoms with Gasteiger partial charge >= 0.3 is 29.1 Å². The van der Waals surface area contributed by atoms with Crippen molar-refractivity contribution >= 4 is 68.9 Å². The Morgan fingerprint density at radius 3 is 1.32 bits per heavy atom. The summed E-state index contributed by atoms with van der Waals surface area (Å²) in [6.45, 7) is 14.5. The Bertz CT molecular complexity index is 1890. The van der Waals surface area contributed by atoms with E-state index in [9.17, 15) is 21.0 Å². The van der Waals surface area contributed by atoms with Gasteiger partial charge in [0.25, 0.3) is 0 Å². The maximum Gasteiger partial charge on any atom is -1.00 e. The Hall–Kier alpha value is -3.46. The van der Waals surface area contributed by atoms with Crippen molar-refractivity contribution in [3.8, 4) is 0 Å². The van der Waals surface area contributed by atoms with Gasteiger partial charge in [-0.2, -0.15) is 0 Å². The van der Waals surface area contributed by atoms with Crippen molar-refractivity contribution < 1.29 is 38.9 Å². The maximum atomic E-state index is 9.84. The second-order valence-corrected chi connectivity index (χ2v) is 10.7. The molecule has 0 fully saturated rings. The molecule has 3 aromatic carbocycles. The normalized spacial score (nSPS) is 13.0. The van der Waals surface area contributed by atoms with Crippen LogP contribution in [0.2, 0.25) is 0 Å². The van der Waals surface area contributed by atoms with Gasteiger partial charge in [0.15, 0.2) is 0 Å². The minimum Gasteiger partial charge on any atom is -1.00 e. The number of benzene rings is 3. The van der Waals surface area contributed by atoms with E-state index in [4.69, 9.17) is 13.3 Å². The summed E-state index contributed by atoms with van der Waals surface area (Å²) in [5.41, 5.74) is 7.31. The van der Waals surface area contributed by atoms with Crippen LogP contribution in [0.4, 0.5) is 26.7 Å². The summed E-state index contributed by atoms with van der Waals surface area (Å²) in [6, 6.07) is 12.8. The predicted molar refractivity (Wildman–Crippen MR) is 149 cm³/mol. The molecule has 40 heavy (non-hydrogen) atoms. The molecule has 0 spiro atoms. The molecule has 3 aromatic heterocycles. The average Bonchev–Trinajstić information content (AvgIpc) is 2.83. The third kappa shape index (κ3) is 5.44. The van der Waals surface area contributed by atoms with Crippen molar-refractivity contribution in [3.05, 3.63) is 47.3 Å². The van der Waals surface area contributed by atoms with Gasteiger partial charge in [0.05, 0.1) is 28.3 Å². The summed E-state index contributed by atoms with van der Waals surface area (Å²) < 4.78 is 71.1. The van der Waals surface area contributed by atoms with Crippen LogP contribution < -0.4 is 19.5 Å². The zero-order chi connectivity index (χ0) is 28.3. The van der Waals surface area contributed by atoms with Gasteiger partial charge < -0.3 is 22.9 Å². The second-order valence-electron chi connectivity index (χ2n) is 9.43. The summed E-state index contributed by atoms with van der Waals surface area (Å²) in [5.74, 6) is 0. The molecule has 5 nitrogen and oxygen atoms in total.